The van der Waals surface area contributed by atoms with E-state index in [0.29, 0.717) is 0 Å². The quantitative estimate of drug-likeness (QED) is 0.160. The van der Waals surface area contributed by atoms with Crippen LogP contribution in [0.5, 0.6) is 0 Å². The average molecular weight is 325 g/mol. The van der Waals surface area contributed by atoms with E-state index in [4.69, 9.17) is 11.5 Å². The van der Waals surface area contributed by atoms with Crippen LogP contribution in [0.15, 0.2) is 10.2 Å². The molecule has 0 saturated carbocycles. The van der Waals surface area contributed by atoms with Crippen LogP contribution in [0.2, 0.25) is 0 Å². The zero-order valence-corrected chi connectivity index (χ0v) is 15.4. The highest BCUT2D eigenvalue weighted by molar-refractivity contribution is 5.76. The van der Waals surface area contributed by atoms with Crippen molar-refractivity contribution in [1.29, 1.82) is 0 Å². The van der Waals surface area contributed by atoms with Crippen LogP contribution in [0, 0.1) is 0 Å². The third-order valence-corrected chi connectivity index (χ3v) is 4.19. The standard InChI is InChI=1S/C19H40N4/c1-2-3-4-5-6-7-8-9-10-11-12-13-14-15-16-17-18-22-23-19(20)21/h18H,2-17H2,1H3,(H4,20,21,23). The molecule has 0 unspecified atom stereocenters. The molecule has 0 aliphatic rings. The Balaban J connectivity index is 3.05. The molecule has 0 spiro atoms. The number of hydrogen-bond acceptors (Lipinski definition) is 2. The molecule has 0 aromatic carbocycles. The molecule has 4 heteroatoms. The zero-order valence-electron chi connectivity index (χ0n) is 15.4. The molecule has 4 nitrogen and oxygen atoms in total. The Kier molecular flexibility index (Phi) is 18.1. The highest BCUT2D eigenvalue weighted by Crippen LogP contribution is 2.13. The van der Waals surface area contributed by atoms with Gasteiger partial charge in [-0.25, -0.2) is 0 Å². The zero-order chi connectivity index (χ0) is 17.0. The predicted molar refractivity (Wildman–Crippen MR) is 104 cm³/mol. The van der Waals surface area contributed by atoms with Crippen molar-refractivity contribution in [3.05, 3.63) is 0 Å². The van der Waals surface area contributed by atoms with Crippen LogP contribution in [0.1, 0.15) is 110 Å². The highest BCUT2D eigenvalue weighted by Gasteiger charge is 1.94. The van der Waals surface area contributed by atoms with Gasteiger partial charge in [-0.2, -0.15) is 5.10 Å². The monoisotopic (exact) mass is 324 g/mol. The second-order valence-electron chi connectivity index (χ2n) is 6.56. The largest absolute Gasteiger partial charge is 0.369 e. The van der Waals surface area contributed by atoms with Crippen LogP contribution >= 0.6 is 0 Å². The Bertz CT molecular complexity index is 283. The minimum Gasteiger partial charge on any atom is -0.369 e. The van der Waals surface area contributed by atoms with Crippen LogP contribution in [-0.2, 0) is 0 Å². The molecule has 0 fully saturated rings. The first-order chi connectivity index (χ1) is 11.3. The Morgan fingerprint density at radius 2 is 1.04 bits per heavy atom. The lowest BCUT2D eigenvalue weighted by Gasteiger charge is -2.03. The Morgan fingerprint density at radius 1 is 0.652 bits per heavy atom. The third-order valence-electron chi connectivity index (χ3n) is 4.19. The molecule has 0 aliphatic carbocycles. The number of nitrogens with zero attached hydrogens (tertiary/aromatic N) is 2. The lowest BCUT2D eigenvalue weighted by molar-refractivity contribution is 0.533. The summed E-state index contributed by atoms with van der Waals surface area (Å²) in [5.41, 5.74) is 10.4. The molecule has 23 heavy (non-hydrogen) atoms. The van der Waals surface area contributed by atoms with Gasteiger partial charge in [-0.3, -0.25) is 0 Å². The van der Waals surface area contributed by atoms with Crippen LogP contribution in [0.25, 0.3) is 0 Å². The maximum Gasteiger partial charge on any atom is 0.211 e. The molecule has 4 N–H and O–H groups in total. The van der Waals surface area contributed by atoms with Gasteiger partial charge in [-0.1, -0.05) is 96.8 Å². The summed E-state index contributed by atoms with van der Waals surface area (Å²) in [5.74, 6) is 0.0257. The summed E-state index contributed by atoms with van der Waals surface area (Å²) in [4.78, 5) is 0. The summed E-state index contributed by atoms with van der Waals surface area (Å²) >= 11 is 0. The second kappa shape index (κ2) is 19.0. The molecule has 0 atom stereocenters. The summed E-state index contributed by atoms with van der Waals surface area (Å²) in [6.07, 6.45) is 23.6. The second-order valence-corrected chi connectivity index (χ2v) is 6.56. The van der Waals surface area contributed by atoms with Gasteiger partial charge in [0.05, 0.1) is 0 Å². The fourth-order valence-electron chi connectivity index (χ4n) is 2.77. The summed E-state index contributed by atoms with van der Waals surface area (Å²) in [5, 5.41) is 7.36. The molecule has 136 valence electrons. The topological polar surface area (TPSA) is 76.8 Å². The molecule has 0 aromatic heterocycles. The van der Waals surface area contributed by atoms with Crippen LogP contribution in [0.4, 0.5) is 0 Å². The molecule has 0 heterocycles. The fraction of sp³-hybridized carbons (Fsp3) is 0.895. The molecule has 0 rings (SSSR count). The van der Waals surface area contributed by atoms with Crippen molar-refractivity contribution >= 4 is 12.2 Å². The van der Waals surface area contributed by atoms with Gasteiger partial charge in [0.1, 0.15) is 0 Å². The normalized spacial score (nSPS) is 11.2. The van der Waals surface area contributed by atoms with Gasteiger partial charge in [-0.15, -0.1) is 5.10 Å². The Hall–Kier alpha value is -1.06. The first-order valence-corrected chi connectivity index (χ1v) is 9.87. The van der Waals surface area contributed by atoms with Gasteiger partial charge < -0.3 is 11.5 Å². The van der Waals surface area contributed by atoms with Crippen molar-refractivity contribution in [1.82, 2.24) is 0 Å². The van der Waals surface area contributed by atoms with Crippen molar-refractivity contribution in [3.8, 4) is 0 Å². The van der Waals surface area contributed by atoms with Crippen molar-refractivity contribution < 1.29 is 0 Å². The predicted octanol–water partition coefficient (Wildman–Crippen LogP) is 5.51. The van der Waals surface area contributed by atoms with Crippen molar-refractivity contribution in [2.24, 2.45) is 21.7 Å². The average Bonchev–Trinajstić information content (AvgIpc) is 2.53. The van der Waals surface area contributed by atoms with E-state index in [1.807, 2.05) is 0 Å². The first-order valence-electron chi connectivity index (χ1n) is 9.87. The van der Waals surface area contributed by atoms with Crippen LogP contribution < -0.4 is 11.5 Å². The maximum absolute atomic E-state index is 5.18. The summed E-state index contributed by atoms with van der Waals surface area (Å²) in [6.45, 7) is 2.28. The Labute approximate surface area is 144 Å². The number of guanidine groups is 1. The van der Waals surface area contributed by atoms with E-state index in [0.717, 1.165) is 6.42 Å². The summed E-state index contributed by atoms with van der Waals surface area (Å²) in [7, 11) is 0. The van der Waals surface area contributed by atoms with Gasteiger partial charge >= 0.3 is 0 Å². The molecule has 0 amide bonds. The molecule has 0 bridgehead atoms. The summed E-state index contributed by atoms with van der Waals surface area (Å²) in [6, 6.07) is 0. The minimum absolute atomic E-state index is 0.0257. The van der Waals surface area contributed by atoms with Crippen LogP contribution in [-0.4, -0.2) is 12.2 Å². The molecule has 0 saturated heterocycles. The van der Waals surface area contributed by atoms with Crippen molar-refractivity contribution in [2.45, 2.75) is 110 Å². The molecule has 0 radical (unpaired) electrons. The van der Waals surface area contributed by atoms with Gasteiger partial charge in [0, 0.05) is 6.21 Å². The van der Waals surface area contributed by atoms with Gasteiger partial charge in [0.25, 0.3) is 0 Å². The third kappa shape index (κ3) is 20.9. The maximum atomic E-state index is 5.18. The number of hydrogen-bond donors (Lipinski definition) is 2. The van der Waals surface area contributed by atoms with E-state index in [-0.39, 0.29) is 5.96 Å². The lowest BCUT2D eigenvalue weighted by atomic mass is 10.0. The molecular weight excluding hydrogens is 284 g/mol. The van der Waals surface area contributed by atoms with E-state index in [1.165, 1.54) is 96.3 Å². The van der Waals surface area contributed by atoms with E-state index in [1.54, 1.807) is 6.21 Å². The van der Waals surface area contributed by atoms with Gasteiger partial charge in [-0.05, 0) is 12.8 Å². The highest BCUT2D eigenvalue weighted by atomic mass is 15.3. The van der Waals surface area contributed by atoms with Crippen LogP contribution in [0.3, 0.4) is 0 Å². The van der Waals surface area contributed by atoms with E-state index in [2.05, 4.69) is 17.1 Å². The van der Waals surface area contributed by atoms with E-state index < -0.39 is 0 Å². The minimum atomic E-state index is 0.0257. The number of rotatable bonds is 17. The lowest BCUT2D eigenvalue weighted by Crippen LogP contribution is -2.21. The van der Waals surface area contributed by atoms with Gasteiger partial charge in [0.15, 0.2) is 0 Å². The number of nitrogens with two attached hydrogens (primary N) is 2. The van der Waals surface area contributed by atoms with E-state index in [9.17, 15) is 0 Å². The fourth-order valence-corrected chi connectivity index (χ4v) is 2.77. The smallest absolute Gasteiger partial charge is 0.211 e. The summed E-state index contributed by atoms with van der Waals surface area (Å²) < 4.78 is 0. The first kappa shape index (κ1) is 21.9. The molecule has 0 aliphatic heterocycles. The molecule has 0 aromatic rings. The SMILES string of the molecule is CCCCCCCCCCCCCCCCCC=NN=C(N)N. The van der Waals surface area contributed by atoms with Crippen molar-refractivity contribution in [3.63, 3.8) is 0 Å². The number of unbranched alkanes of at least 4 members (excludes halogenated alkanes) is 15. The van der Waals surface area contributed by atoms with E-state index >= 15 is 0 Å². The van der Waals surface area contributed by atoms with Crippen molar-refractivity contribution in [2.75, 3.05) is 0 Å². The molecular formula is C19H40N4. The Morgan fingerprint density at radius 3 is 1.43 bits per heavy atom. The van der Waals surface area contributed by atoms with Gasteiger partial charge in [0.2, 0.25) is 5.96 Å².